The molecule has 2 saturated heterocycles. The van der Waals surface area contributed by atoms with Crippen LogP contribution in [0.25, 0.3) is 32.8 Å². The maximum Gasteiger partial charge on any atom is 0.407 e. The largest absolute Gasteiger partial charge is 0.465 e. The Morgan fingerprint density at radius 2 is 1.33 bits per heavy atom. The van der Waals surface area contributed by atoms with Crippen LogP contribution >= 0.6 is 0 Å². The van der Waals surface area contributed by atoms with Crippen molar-refractivity contribution in [3.05, 3.63) is 71.3 Å². The van der Waals surface area contributed by atoms with Gasteiger partial charge in [0.05, 0.1) is 41.3 Å². The summed E-state index contributed by atoms with van der Waals surface area (Å²) in [6, 6.07) is 15.4. The quantitative estimate of drug-likeness (QED) is 0.102. The van der Waals surface area contributed by atoms with E-state index in [1.165, 1.54) is 18.2 Å². The van der Waals surface area contributed by atoms with Crippen LogP contribution in [0.15, 0.2) is 48.5 Å². The van der Waals surface area contributed by atoms with Gasteiger partial charge in [0.15, 0.2) is 0 Å². The van der Waals surface area contributed by atoms with Crippen molar-refractivity contribution in [1.82, 2.24) is 40.4 Å². The van der Waals surface area contributed by atoms with Gasteiger partial charge in [0.2, 0.25) is 11.8 Å². The van der Waals surface area contributed by atoms with Crippen LogP contribution in [-0.2, 0) is 27.2 Å². The number of aryl methyl sites for hydroxylation is 2. The molecule has 4 aliphatic rings. The molecule has 2 saturated carbocycles. The number of aromatic amines is 2. The average molecular weight is 775 g/mol. The summed E-state index contributed by atoms with van der Waals surface area (Å²) < 4.78 is 4.81. The van der Waals surface area contributed by atoms with Crippen LogP contribution in [0.3, 0.4) is 0 Å². The van der Waals surface area contributed by atoms with Crippen molar-refractivity contribution in [2.24, 2.45) is 23.7 Å². The van der Waals surface area contributed by atoms with Crippen LogP contribution in [0, 0.1) is 23.7 Å². The van der Waals surface area contributed by atoms with E-state index >= 15 is 0 Å². The molecule has 3 aromatic carbocycles. The number of likely N-dealkylation sites (tertiary alicyclic amines) is 2. The van der Waals surface area contributed by atoms with E-state index in [4.69, 9.17) is 14.7 Å². The number of imidazole rings is 2. The molecule has 4 heterocycles. The number of H-pyrrole nitrogens is 2. The lowest BCUT2D eigenvalue weighted by Gasteiger charge is -2.31. The van der Waals surface area contributed by atoms with E-state index in [0.29, 0.717) is 11.8 Å². The molecule has 298 valence electrons. The Balaban J connectivity index is 0.899. The molecule has 0 spiro atoms. The first-order valence-corrected chi connectivity index (χ1v) is 20.3. The maximum absolute atomic E-state index is 13.8. The highest BCUT2D eigenvalue weighted by Gasteiger charge is 2.57. The number of benzene rings is 3. The minimum atomic E-state index is -1.20. The van der Waals surface area contributed by atoms with Crippen molar-refractivity contribution in [2.45, 2.75) is 102 Å². The Bertz CT molecular complexity index is 2420. The first-order valence-electron chi connectivity index (χ1n) is 20.3. The second kappa shape index (κ2) is 14.1. The molecule has 57 heavy (non-hydrogen) atoms. The minimum absolute atomic E-state index is 0.0913. The van der Waals surface area contributed by atoms with Crippen molar-refractivity contribution < 1.29 is 29.0 Å². The zero-order valence-electron chi connectivity index (χ0n) is 32.9. The number of alkyl carbamates (subject to hydrolysis) is 1. The van der Waals surface area contributed by atoms with Crippen molar-refractivity contribution >= 4 is 56.8 Å². The van der Waals surface area contributed by atoms with E-state index in [1.807, 2.05) is 43.6 Å². The van der Waals surface area contributed by atoms with Crippen molar-refractivity contribution in [1.29, 1.82) is 0 Å². The smallest absolute Gasteiger partial charge is 0.407 e. The average Bonchev–Trinajstić information content (AvgIpc) is 3.84. The van der Waals surface area contributed by atoms with E-state index in [9.17, 15) is 24.3 Å². The van der Waals surface area contributed by atoms with Gasteiger partial charge in [-0.15, -0.1) is 0 Å². The lowest BCUT2D eigenvalue weighted by molar-refractivity contribution is -0.137. The van der Waals surface area contributed by atoms with Gasteiger partial charge in [-0.3, -0.25) is 9.59 Å². The predicted molar refractivity (Wildman–Crippen MR) is 213 cm³/mol. The zero-order chi connectivity index (χ0) is 39.9. The first-order chi connectivity index (χ1) is 27.4. The van der Waals surface area contributed by atoms with E-state index in [0.717, 1.165) is 83.0 Å². The number of ether oxygens (including phenoxy) is 1. The van der Waals surface area contributed by atoms with Crippen LogP contribution in [0.1, 0.15) is 88.2 Å². The third-order valence-electron chi connectivity index (χ3n) is 12.8. The molecule has 2 aromatic heterocycles. The molecule has 0 bridgehead atoms. The van der Waals surface area contributed by atoms with Gasteiger partial charge in [-0.25, -0.2) is 19.6 Å². The summed E-state index contributed by atoms with van der Waals surface area (Å²) in [5, 5.41) is 16.8. The number of piperidine rings is 2. The van der Waals surface area contributed by atoms with Gasteiger partial charge in [0, 0.05) is 17.5 Å². The van der Waals surface area contributed by atoms with Gasteiger partial charge in [-0.1, -0.05) is 58.0 Å². The van der Waals surface area contributed by atoms with Crippen molar-refractivity contribution in [3.63, 3.8) is 0 Å². The van der Waals surface area contributed by atoms with E-state index in [1.54, 1.807) is 0 Å². The molecular weight excluding hydrogens is 725 g/mol. The monoisotopic (exact) mass is 774 g/mol. The summed E-state index contributed by atoms with van der Waals surface area (Å²) in [7, 11) is 1.30. The Morgan fingerprint density at radius 1 is 0.754 bits per heavy atom. The Morgan fingerprint density at radius 3 is 1.95 bits per heavy atom. The number of carboxylic acid groups (broad SMARTS) is 1. The Kier molecular flexibility index (Phi) is 9.12. The molecule has 5 aromatic rings. The van der Waals surface area contributed by atoms with Crippen LogP contribution in [0.2, 0.25) is 0 Å². The summed E-state index contributed by atoms with van der Waals surface area (Å²) >= 11 is 0. The van der Waals surface area contributed by atoms with E-state index in [-0.39, 0.29) is 47.8 Å². The van der Waals surface area contributed by atoms with Gasteiger partial charge in [0.1, 0.15) is 23.7 Å². The van der Waals surface area contributed by atoms with Crippen LogP contribution in [-0.4, -0.2) is 90.1 Å². The third kappa shape index (κ3) is 6.72. The number of hydrogen-bond donors (Lipinski definition) is 5. The summed E-state index contributed by atoms with van der Waals surface area (Å²) in [4.78, 5) is 72.0. The second-order valence-electron chi connectivity index (χ2n) is 17.3. The summed E-state index contributed by atoms with van der Waals surface area (Å²) in [6.07, 6.45) is 3.46. The van der Waals surface area contributed by atoms with Crippen LogP contribution < -0.4 is 10.6 Å². The number of amides is 4. The Labute approximate surface area is 330 Å². The fourth-order valence-corrected chi connectivity index (χ4v) is 9.57. The fraction of sp³-hybridized carbons (Fsp3) is 0.488. The van der Waals surface area contributed by atoms with Gasteiger partial charge in [0.25, 0.3) is 0 Å². The fourth-order valence-electron chi connectivity index (χ4n) is 9.57. The number of aromatic nitrogens is 4. The summed E-state index contributed by atoms with van der Waals surface area (Å²) in [6.45, 7) is 7.57. The van der Waals surface area contributed by atoms with Gasteiger partial charge in [-0.2, -0.15) is 0 Å². The molecule has 9 rings (SSSR count). The molecule has 4 amide bonds. The number of hydrogen-bond acceptors (Lipinski definition) is 7. The zero-order valence-corrected chi connectivity index (χ0v) is 32.9. The van der Waals surface area contributed by atoms with E-state index in [2.05, 4.69) is 63.1 Å². The number of nitrogens with one attached hydrogen (secondary N) is 4. The molecule has 14 nitrogen and oxygen atoms in total. The molecule has 8 atom stereocenters. The molecule has 0 radical (unpaired) electrons. The molecule has 14 heteroatoms. The topological polar surface area (TPSA) is 186 Å². The number of methoxy groups -OCH3 is 1. The number of nitrogens with zero attached hydrogens (tertiary/aromatic N) is 4. The normalized spacial score (nSPS) is 24.5. The summed E-state index contributed by atoms with van der Waals surface area (Å²) in [5.74, 6) is 1.85. The lowest BCUT2D eigenvalue weighted by Crippen LogP contribution is -2.52. The molecule has 2 aliphatic carbocycles. The SMILES string of the molecule is COC(=O)N[C@H](C(=O)N1[C@@H]2C[C@@H]2C[C@H]1c1nc2cc(CCc3ccc4c(ccc5nc([C@@H]6C[C@H]7C[C@H]7N6C(=O)[C@@H](NC(=O)O)C(C)C)[nH]c54)c3)ccc2[nH]1)C(C)C. The highest BCUT2D eigenvalue weighted by atomic mass is 16.5. The maximum atomic E-state index is 13.8. The standard InChI is InChI=1S/C43H50N8O6/c1-20(2)35(48-42(54)55)40(52)51-32-17-26(32)19-34(51)39-45-29-13-10-24-14-22(8-11-27(24)37(29)47-39)6-7-23-9-12-28-30(15-23)46-38(44-28)33-18-25-16-31(25)50(33)41(53)36(21(3)4)49-43(56)57-5/h8-15,20-21,25-26,31-36,48H,6-7,16-19H2,1-5H3,(H,44,46)(H,45,47)(H,49,56)(H,54,55)/t25-,26-,31-,32-,33+,34+,35+,36+/m1/s1. The molecule has 0 unspecified atom stereocenters. The predicted octanol–water partition coefficient (Wildman–Crippen LogP) is 6.37. The second-order valence-corrected chi connectivity index (χ2v) is 17.3. The van der Waals surface area contributed by atoms with Gasteiger partial charge < -0.3 is 40.2 Å². The van der Waals surface area contributed by atoms with Gasteiger partial charge >= 0.3 is 12.2 Å². The first kappa shape index (κ1) is 36.9. The molecular formula is C43H50N8O6. The third-order valence-corrected chi connectivity index (χ3v) is 12.8. The summed E-state index contributed by atoms with van der Waals surface area (Å²) in [5.41, 5.74) is 5.96. The number of carbonyl (C=O) groups excluding carboxylic acids is 3. The van der Waals surface area contributed by atoms with Crippen molar-refractivity contribution in [2.75, 3.05) is 7.11 Å². The minimum Gasteiger partial charge on any atom is -0.465 e. The highest BCUT2D eigenvalue weighted by molar-refractivity contribution is 6.04. The molecule has 5 N–H and O–H groups in total. The number of carbonyl (C=O) groups is 4. The lowest BCUT2D eigenvalue weighted by atomic mass is 10.0. The van der Waals surface area contributed by atoms with Gasteiger partial charge in [-0.05, 0) is 96.9 Å². The van der Waals surface area contributed by atoms with Crippen LogP contribution in [0.5, 0.6) is 0 Å². The Hall–Kier alpha value is -5.66. The van der Waals surface area contributed by atoms with Crippen molar-refractivity contribution in [3.8, 4) is 0 Å². The molecule has 4 fully saturated rings. The van der Waals surface area contributed by atoms with Crippen LogP contribution in [0.4, 0.5) is 9.59 Å². The number of fused-ring (bicyclic) bond motifs is 6. The molecule has 2 aliphatic heterocycles. The van der Waals surface area contributed by atoms with E-state index < -0.39 is 24.3 Å². The number of rotatable bonds is 11. The highest BCUT2D eigenvalue weighted by Crippen LogP contribution is 2.54.